The highest BCUT2D eigenvalue weighted by molar-refractivity contribution is 5.88. The molecule has 0 aliphatic heterocycles. The van der Waals surface area contributed by atoms with Crippen LogP contribution >= 0.6 is 0 Å². The van der Waals surface area contributed by atoms with Gasteiger partial charge in [0.15, 0.2) is 0 Å². The summed E-state index contributed by atoms with van der Waals surface area (Å²) in [6.07, 6.45) is 0. The summed E-state index contributed by atoms with van der Waals surface area (Å²) in [6, 6.07) is 8.23. The van der Waals surface area contributed by atoms with Gasteiger partial charge in [-0.2, -0.15) is 0 Å². The van der Waals surface area contributed by atoms with Gasteiger partial charge >= 0.3 is 0 Å². The molecular weight excluding hydrogens is 188 g/mol. The fraction of sp³-hybridized carbons (Fsp3) is 0.333. The van der Waals surface area contributed by atoms with Gasteiger partial charge < -0.3 is 15.0 Å². The number of para-hydroxylation sites is 1. The molecule has 0 saturated carbocycles. The number of hydrogen-bond acceptors (Lipinski definition) is 2. The van der Waals surface area contributed by atoms with Crippen molar-refractivity contribution >= 4 is 10.9 Å². The highest BCUT2D eigenvalue weighted by Crippen LogP contribution is 2.31. The number of benzene rings is 1. The van der Waals surface area contributed by atoms with Crippen LogP contribution in [-0.2, 0) is 7.05 Å². The lowest BCUT2D eigenvalue weighted by Crippen LogP contribution is -2.11. The average molecular weight is 204 g/mol. The van der Waals surface area contributed by atoms with E-state index < -0.39 is 0 Å². The van der Waals surface area contributed by atoms with Gasteiger partial charge in [0.25, 0.3) is 0 Å². The Morgan fingerprint density at radius 2 is 2.07 bits per heavy atom. The molecule has 0 spiro atoms. The maximum atomic E-state index is 5.67. The zero-order chi connectivity index (χ0) is 10.8. The fourth-order valence-corrected chi connectivity index (χ4v) is 1.83. The Kier molecular flexibility index (Phi) is 2.64. The van der Waals surface area contributed by atoms with Crippen molar-refractivity contribution in [3.8, 4) is 5.75 Å². The maximum absolute atomic E-state index is 5.67. The summed E-state index contributed by atoms with van der Waals surface area (Å²) < 4.78 is 7.81. The maximum Gasteiger partial charge on any atom is 0.147 e. The number of ether oxygens (including phenoxy) is 1. The van der Waals surface area contributed by atoms with Gasteiger partial charge in [-0.3, -0.25) is 0 Å². The monoisotopic (exact) mass is 204 g/mol. The molecule has 1 aromatic carbocycles. The number of aromatic nitrogens is 1. The molecule has 2 aromatic rings. The van der Waals surface area contributed by atoms with E-state index in [1.807, 2.05) is 19.2 Å². The first-order chi connectivity index (χ1) is 7.25. The molecule has 80 valence electrons. The second-order valence-corrected chi connectivity index (χ2v) is 3.63. The van der Waals surface area contributed by atoms with Crippen LogP contribution in [0.5, 0.6) is 5.75 Å². The first-order valence-corrected chi connectivity index (χ1v) is 5.12. The molecule has 15 heavy (non-hydrogen) atoms. The number of nitrogens with two attached hydrogens (primary N) is 1. The molecule has 0 unspecified atom stereocenters. The third-order valence-electron chi connectivity index (χ3n) is 2.71. The molecule has 3 nitrogen and oxygen atoms in total. The summed E-state index contributed by atoms with van der Waals surface area (Å²) in [5, 5.41) is 1.16. The van der Waals surface area contributed by atoms with Crippen molar-refractivity contribution in [2.24, 2.45) is 12.8 Å². The molecule has 2 N–H and O–H groups in total. The van der Waals surface area contributed by atoms with E-state index in [0.29, 0.717) is 13.2 Å². The van der Waals surface area contributed by atoms with Crippen molar-refractivity contribution in [3.63, 3.8) is 0 Å². The molecule has 0 aliphatic carbocycles. The molecule has 0 fully saturated rings. The third kappa shape index (κ3) is 1.59. The van der Waals surface area contributed by atoms with Crippen LogP contribution in [-0.4, -0.2) is 17.7 Å². The van der Waals surface area contributed by atoms with E-state index in [-0.39, 0.29) is 0 Å². The van der Waals surface area contributed by atoms with E-state index in [1.54, 1.807) is 0 Å². The number of fused-ring (bicyclic) bond motifs is 1. The van der Waals surface area contributed by atoms with Gasteiger partial charge in [-0.05, 0) is 19.1 Å². The van der Waals surface area contributed by atoms with Crippen molar-refractivity contribution in [2.45, 2.75) is 6.92 Å². The Morgan fingerprint density at radius 3 is 2.80 bits per heavy atom. The van der Waals surface area contributed by atoms with E-state index in [1.165, 1.54) is 5.52 Å². The summed E-state index contributed by atoms with van der Waals surface area (Å²) >= 11 is 0. The Morgan fingerprint density at radius 1 is 1.33 bits per heavy atom. The second kappa shape index (κ2) is 3.95. The molecule has 0 amide bonds. The average Bonchev–Trinajstić information content (AvgIpc) is 2.51. The summed E-state index contributed by atoms with van der Waals surface area (Å²) in [7, 11) is 2.05. The minimum absolute atomic E-state index is 0.544. The van der Waals surface area contributed by atoms with Crippen LogP contribution in [0.2, 0.25) is 0 Å². The van der Waals surface area contributed by atoms with Crippen LogP contribution in [0.1, 0.15) is 5.69 Å². The zero-order valence-corrected chi connectivity index (χ0v) is 9.16. The lowest BCUT2D eigenvalue weighted by molar-refractivity contribution is 0.329. The van der Waals surface area contributed by atoms with Gasteiger partial charge in [-0.1, -0.05) is 12.1 Å². The molecule has 0 aliphatic rings. The van der Waals surface area contributed by atoms with Crippen LogP contribution in [0.4, 0.5) is 0 Å². The Bertz CT molecular complexity index is 474. The van der Waals surface area contributed by atoms with E-state index >= 15 is 0 Å². The first-order valence-electron chi connectivity index (χ1n) is 5.12. The normalized spacial score (nSPS) is 10.9. The molecule has 3 heteroatoms. The number of nitrogens with zero attached hydrogens (tertiary/aromatic N) is 1. The van der Waals surface area contributed by atoms with Crippen molar-refractivity contribution in [2.75, 3.05) is 13.2 Å². The standard InChI is InChI=1S/C12H16N2O/c1-9-12(15-8-7-13)10-5-3-4-6-11(10)14(9)2/h3-6H,7-8,13H2,1-2H3. The fourth-order valence-electron chi connectivity index (χ4n) is 1.83. The van der Waals surface area contributed by atoms with Crippen LogP contribution in [0.15, 0.2) is 24.3 Å². The predicted octanol–water partition coefficient (Wildman–Crippen LogP) is 1.82. The highest BCUT2D eigenvalue weighted by atomic mass is 16.5. The molecule has 1 aromatic heterocycles. The second-order valence-electron chi connectivity index (χ2n) is 3.63. The van der Waals surface area contributed by atoms with E-state index in [2.05, 4.69) is 23.6 Å². The quantitative estimate of drug-likeness (QED) is 0.828. The van der Waals surface area contributed by atoms with Crippen LogP contribution < -0.4 is 10.5 Å². The molecule has 0 bridgehead atoms. The van der Waals surface area contributed by atoms with Crippen LogP contribution in [0.3, 0.4) is 0 Å². The SMILES string of the molecule is Cc1c(OCCN)c2ccccc2n1C. The topological polar surface area (TPSA) is 40.2 Å². The predicted molar refractivity (Wildman–Crippen MR) is 62.2 cm³/mol. The Balaban J connectivity index is 2.56. The van der Waals surface area contributed by atoms with Gasteiger partial charge in [0.2, 0.25) is 0 Å². The summed E-state index contributed by atoms with van der Waals surface area (Å²) in [6.45, 7) is 3.17. The minimum Gasteiger partial charge on any atom is -0.490 e. The Labute approximate surface area is 89.4 Å². The number of aryl methyl sites for hydroxylation is 1. The van der Waals surface area contributed by atoms with Gasteiger partial charge in [-0.15, -0.1) is 0 Å². The number of rotatable bonds is 3. The van der Waals surface area contributed by atoms with Gasteiger partial charge in [0.1, 0.15) is 12.4 Å². The molecule has 1 heterocycles. The summed E-state index contributed by atoms with van der Waals surface area (Å²) in [5.41, 5.74) is 7.79. The van der Waals surface area contributed by atoms with Crippen molar-refractivity contribution in [1.29, 1.82) is 0 Å². The van der Waals surface area contributed by atoms with Gasteiger partial charge in [0.05, 0.1) is 11.2 Å². The van der Waals surface area contributed by atoms with Crippen LogP contribution in [0, 0.1) is 6.92 Å². The minimum atomic E-state index is 0.544. The van der Waals surface area contributed by atoms with Gasteiger partial charge in [0, 0.05) is 19.0 Å². The Hall–Kier alpha value is -1.48. The smallest absolute Gasteiger partial charge is 0.147 e. The number of hydrogen-bond donors (Lipinski definition) is 1. The van der Waals surface area contributed by atoms with E-state index in [9.17, 15) is 0 Å². The molecule has 0 radical (unpaired) electrons. The molecule has 2 rings (SSSR count). The molecule has 0 atom stereocenters. The van der Waals surface area contributed by atoms with Crippen LogP contribution in [0.25, 0.3) is 10.9 Å². The first kappa shape index (κ1) is 10.1. The lowest BCUT2D eigenvalue weighted by Gasteiger charge is -2.04. The zero-order valence-electron chi connectivity index (χ0n) is 9.16. The van der Waals surface area contributed by atoms with Crippen molar-refractivity contribution < 1.29 is 4.74 Å². The van der Waals surface area contributed by atoms with Crippen molar-refractivity contribution in [3.05, 3.63) is 30.0 Å². The summed E-state index contributed by atoms with van der Waals surface area (Å²) in [4.78, 5) is 0. The van der Waals surface area contributed by atoms with E-state index in [4.69, 9.17) is 10.5 Å². The van der Waals surface area contributed by atoms with Crippen molar-refractivity contribution in [1.82, 2.24) is 4.57 Å². The van der Waals surface area contributed by atoms with Gasteiger partial charge in [-0.25, -0.2) is 0 Å². The highest BCUT2D eigenvalue weighted by Gasteiger charge is 2.11. The summed E-state index contributed by atoms with van der Waals surface area (Å²) in [5.74, 6) is 0.957. The third-order valence-corrected chi connectivity index (χ3v) is 2.71. The van der Waals surface area contributed by atoms with E-state index in [0.717, 1.165) is 16.8 Å². The lowest BCUT2D eigenvalue weighted by atomic mass is 10.2. The molecule has 0 saturated heterocycles. The largest absolute Gasteiger partial charge is 0.490 e. The molecular formula is C12H16N2O.